The van der Waals surface area contributed by atoms with Crippen LogP contribution in [0.4, 0.5) is 0 Å². The first-order chi connectivity index (χ1) is 15.2. The zero-order chi connectivity index (χ0) is 21.2. The van der Waals surface area contributed by atoms with Crippen molar-refractivity contribution in [3.8, 4) is 11.3 Å². The molecule has 9 nitrogen and oxygen atoms in total. The Kier molecular flexibility index (Phi) is 5.52. The fraction of sp³-hybridized carbons (Fsp3) is 0.455. The van der Waals surface area contributed by atoms with Crippen molar-refractivity contribution in [3.63, 3.8) is 0 Å². The van der Waals surface area contributed by atoms with E-state index >= 15 is 0 Å². The van der Waals surface area contributed by atoms with Crippen molar-refractivity contribution < 1.29 is 23.2 Å². The van der Waals surface area contributed by atoms with Gasteiger partial charge in [-0.1, -0.05) is 35.5 Å². The fourth-order valence-corrected chi connectivity index (χ4v) is 3.63. The molecule has 0 bridgehead atoms. The van der Waals surface area contributed by atoms with Gasteiger partial charge in [0.2, 0.25) is 17.5 Å². The van der Waals surface area contributed by atoms with Gasteiger partial charge in [0.1, 0.15) is 11.8 Å². The lowest BCUT2D eigenvalue weighted by molar-refractivity contribution is -0.0887. The van der Waals surface area contributed by atoms with E-state index in [1.54, 1.807) is 6.07 Å². The van der Waals surface area contributed by atoms with Crippen LogP contribution in [0.15, 0.2) is 45.3 Å². The van der Waals surface area contributed by atoms with Gasteiger partial charge in [-0.3, -0.25) is 4.79 Å². The molecule has 1 atom stereocenters. The van der Waals surface area contributed by atoms with Crippen molar-refractivity contribution >= 4 is 5.91 Å². The third kappa shape index (κ3) is 4.38. The molecular formula is C22H24N4O5. The summed E-state index contributed by atoms with van der Waals surface area (Å²) in [5.74, 6) is 1.59. The highest BCUT2D eigenvalue weighted by molar-refractivity contribution is 5.92. The molecule has 1 aliphatic carbocycles. The maximum atomic E-state index is 12.5. The Labute approximate surface area is 179 Å². The molecule has 31 heavy (non-hydrogen) atoms. The van der Waals surface area contributed by atoms with E-state index in [0.717, 1.165) is 31.6 Å². The molecule has 0 radical (unpaired) electrons. The summed E-state index contributed by atoms with van der Waals surface area (Å²) in [5.41, 5.74) is 1.54. The second kappa shape index (κ2) is 8.60. The molecule has 0 unspecified atom stereocenters. The molecule has 1 aliphatic heterocycles. The third-order valence-corrected chi connectivity index (χ3v) is 5.72. The third-order valence-electron chi connectivity index (χ3n) is 5.72. The highest BCUT2D eigenvalue weighted by Gasteiger charge is 2.36. The van der Waals surface area contributed by atoms with Crippen molar-refractivity contribution in [2.75, 3.05) is 19.8 Å². The van der Waals surface area contributed by atoms with E-state index in [9.17, 15) is 4.79 Å². The number of carbonyl (C=O) groups excluding carboxylic acids is 1. The standard InChI is InChI=1S/C22H24N4O5/c1-13(29-12-14-10-28-11-14)21-24-25-22(30-21)16-7-17(8-16)23-20(27)19-9-18(26-31-19)15-5-3-2-4-6-15/h2-6,9,13-14,16-17H,7-8,10-12H2,1H3,(H,23,27)/t13-,16?,17?/m0/s1. The molecule has 2 fully saturated rings. The highest BCUT2D eigenvalue weighted by atomic mass is 16.5. The lowest BCUT2D eigenvalue weighted by Crippen LogP contribution is -2.43. The van der Waals surface area contributed by atoms with Crippen LogP contribution in [0.5, 0.6) is 0 Å². The largest absolute Gasteiger partial charge is 0.422 e. The van der Waals surface area contributed by atoms with Crippen LogP contribution in [0.1, 0.15) is 54.1 Å². The lowest BCUT2D eigenvalue weighted by Gasteiger charge is -2.33. The Hall–Kier alpha value is -3.04. The summed E-state index contributed by atoms with van der Waals surface area (Å²) >= 11 is 0. The Morgan fingerprint density at radius 2 is 2.03 bits per heavy atom. The molecule has 5 rings (SSSR count). The van der Waals surface area contributed by atoms with Gasteiger partial charge in [-0.05, 0) is 19.8 Å². The first-order valence-electron chi connectivity index (χ1n) is 10.5. The van der Waals surface area contributed by atoms with Gasteiger partial charge in [0.15, 0.2) is 0 Å². The quantitative estimate of drug-likeness (QED) is 0.587. The smallest absolute Gasteiger partial charge is 0.290 e. The molecule has 1 N–H and O–H groups in total. The van der Waals surface area contributed by atoms with E-state index in [-0.39, 0.29) is 29.7 Å². The molecule has 0 spiro atoms. The van der Waals surface area contributed by atoms with E-state index in [1.807, 2.05) is 37.3 Å². The van der Waals surface area contributed by atoms with Crippen LogP contribution in [-0.4, -0.2) is 47.1 Å². The van der Waals surface area contributed by atoms with Crippen molar-refractivity contribution in [1.82, 2.24) is 20.7 Å². The fourth-order valence-electron chi connectivity index (χ4n) is 3.63. The van der Waals surface area contributed by atoms with Crippen molar-refractivity contribution in [3.05, 3.63) is 53.9 Å². The first kappa shape index (κ1) is 19.9. The lowest BCUT2D eigenvalue weighted by atomic mass is 9.80. The first-order valence-corrected chi connectivity index (χ1v) is 10.5. The molecule has 9 heteroatoms. The van der Waals surface area contributed by atoms with Crippen LogP contribution >= 0.6 is 0 Å². The van der Waals surface area contributed by atoms with E-state index in [2.05, 4.69) is 20.7 Å². The van der Waals surface area contributed by atoms with E-state index < -0.39 is 0 Å². The zero-order valence-corrected chi connectivity index (χ0v) is 17.2. The molecule has 2 aliphatic rings. The summed E-state index contributed by atoms with van der Waals surface area (Å²) in [6.45, 7) is 4.03. The molecule has 1 saturated carbocycles. The van der Waals surface area contributed by atoms with Gasteiger partial charge in [-0.25, -0.2) is 0 Å². The van der Waals surface area contributed by atoms with E-state index in [4.69, 9.17) is 18.4 Å². The van der Waals surface area contributed by atoms with Gasteiger partial charge in [0.25, 0.3) is 5.91 Å². The molecule has 2 aromatic heterocycles. The molecule has 1 saturated heterocycles. The second-order valence-corrected chi connectivity index (χ2v) is 8.14. The number of hydrogen-bond donors (Lipinski definition) is 1. The van der Waals surface area contributed by atoms with Gasteiger partial charge < -0.3 is 23.7 Å². The van der Waals surface area contributed by atoms with Gasteiger partial charge in [-0.15, -0.1) is 10.2 Å². The normalized spacial score (nSPS) is 21.8. The zero-order valence-electron chi connectivity index (χ0n) is 17.2. The number of nitrogens with one attached hydrogen (secondary N) is 1. The van der Waals surface area contributed by atoms with Crippen LogP contribution in [0, 0.1) is 5.92 Å². The van der Waals surface area contributed by atoms with Crippen molar-refractivity contribution in [2.45, 2.75) is 37.8 Å². The average molecular weight is 424 g/mol. The van der Waals surface area contributed by atoms with Crippen LogP contribution in [-0.2, 0) is 9.47 Å². The van der Waals surface area contributed by atoms with Gasteiger partial charge in [0.05, 0.1) is 19.8 Å². The van der Waals surface area contributed by atoms with Gasteiger partial charge in [-0.2, -0.15) is 0 Å². The summed E-state index contributed by atoms with van der Waals surface area (Å²) in [4.78, 5) is 12.5. The number of rotatable bonds is 8. The van der Waals surface area contributed by atoms with E-state index in [1.165, 1.54) is 0 Å². The maximum absolute atomic E-state index is 12.5. The minimum atomic E-state index is -0.272. The number of ether oxygens (including phenoxy) is 2. The Morgan fingerprint density at radius 3 is 2.77 bits per heavy atom. The monoisotopic (exact) mass is 424 g/mol. The molecule has 3 aromatic rings. The Bertz CT molecular complexity index is 1020. The number of hydrogen-bond acceptors (Lipinski definition) is 8. The van der Waals surface area contributed by atoms with Gasteiger partial charge in [0, 0.05) is 29.5 Å². The van der Waals surface area contributed by atoms with Crippen LogP contribution in [0.2, 0.25) is 0 Å². The summed E-state index contributed by atoms with van der Waals surface area (Å²) < 4.78 is 22.0. The second-order valence-electron chi connectivity index (χ2n) is 8.14. The van der Waals surface area contributed by atoms with Crippen LogP contribution in [0.25, 0.3) is 11.3 Å². The maximum Gasteiger partial charge on any atom is 0.290 e. The predicted molar refractivity (Wildman–Crippen MR) is 108 cm³/mol. The average Bonchev–Trinajstić information content (AvgIpc) is 3.40. The van der Waals surface area contributed by atoms with Crippen molar-refractivity contribution in [1.29, 1.82) is 0 Å². The SMILES string of the molecule is C[C@H](OCC1COC1)c1nnc(C2CC(NC(=O)c3cc(-c4ccccc4)no3)C2)o1. The number of benzene rings is 1. The number of aromatic nitrogens is 3. The van der Waals surface area contributed by atoms with E-state index in [0.29, 0.717) is 30.0 Å². The minimum absolute atomic E-state index is 0.0328. The highest BCUT2D eigenvalue weighted by Crippen LogP contribution is 2.37. The predicted octanol–water partition coefficient (Wildman–Crippen LogP) is 3.12. The minimum Gasteiger partial charge on any atom is -0.422 e. The summed E-state index contributed by atoms with van der Waals surface area (Å²) in [6, 6.07) is 11.3. The summed E-state index contributed by atoms with van der Waals surface area (Å²) in [6.07, 6.45) is 1.23. The molecule has 1 aromatic carbocycles. The summed E-state index contributed by atoms with van der Waals surface area (Å²) in [5, 5.41) is 15.2. The Balaban J connectivity index is 1.10. The molecular weight excluding hydrogens is 400 g/mol. The van der Waals surface area contributed by atoms with Gasteiger partial charge >= 0.3 is 0 Å². The molecule has 1 amide bonds. The molecule has 3 heterocycles. The van der Waals surface area contributed by atoms with Crippen LogP contribution < -0.4 is 5.32 Å². The number of carbonyl (C=O) groups is 1. The van der Waals surface area contributed by atoms with Crippen LogP contribution in [0.3, 0.4) is 0 Å². The summed E-state index contributed by atoms with van der Waals surface area (Å²) in [7, 11) is 0. The van der Waals surface area contributed by atoms with Crippen molar-refractivity contribution in [2.24, 2.45) is 5.92 Å². The molecule has 162 valence electrons. The topological polar surface area (TPSA) is 113 Å². The Morgan fingerprint density at radius 1 is 1.23 bits per heavy atom. The number of nitrogens with zero attached hydrogens (tertiary/aromatic N) is 3. The number of amides is 1.